The van der Waals surface area contributed by atoms with Crippen LogP contribution in [0, 0.1) is 5.82 Å². The van der Waals surface area contributed by atoms with Gasteiger partial charge in [0.15, 0.2) is 0 Å². The molecule has 1 N–H and O–H groups in total. The molecule has 2 rings (SSSR count). The summed E-state index contributed by atoms with van der Waals surface area (Å²) in [6, 6.07) is 13.9. The zero-order valence-electron chi connectivity index (χ0n) is 20.9. The molecular formula is C25H35FN4O4S. The van der Waals surface area contributed by atoms with E-state index in [-0.39, 0.29) is 24.2 Å². The Morgan fingerprint density at radius 1 is 1.00 bits per heavy atom. The highest BCUT2D eigenvalue weighted by Crippen LogP contribution is 2.23. The first-order valence-corrected chi connectivity index (χ1v) is 13.0. The molecule has 0 saturated heterocycles. The molecule has 0 aliphatic rings. The molecule has 2 amide bonds. The maximum absolute atomic E-state index is 14.6. The zero-order valence-corrected chi connectivity index (χ0v) is 21.8. The largest absolute Gasteiger partial charge is 0.352 e. The van der Waals surface area contributed by atoms with Gasteiger partial charge < -0.3 is 10.2 Å². The Morgan fingerprint density at radius 2 is 1.60 bits per heavy atom. The normalized spacial score (nSPS) is 12.5. The van der Waals surface area contributed by atoms with Crippen molar-refractivity contribution >= 4 is 27.7 Å². The van der Waals surface area contributed by atoms with Crippen molar-refractivity contribution in [2.45, 2.75) is 45.7 Å². The molecule has 0 radical (unpaired) electrons. The number of hydrogen-bond acceptors (Lipinski definition) is 4. The Bertz CT molecular complexity index is 1090. The van der Waals surface area contributed by atoms with Crippen LogP contribution in [0.25, 0.3) is 0 Å². The fourth-order valence-electron chi connectivity index (χ4n) is 3.63. The number of nitrogens with zero attached hydrogens (tertiary/aromatic N) is 3. The van der Waals surface area contributed by atoms with Gasteiger partial charge in [0.25, 0.3) is 0 Å². The summed E-state index contributed by atoms with van der Waals surface area (Å²) in [5.41, 5.74) is 0.730. The van der Waals surface area contributed by atoms with Crippen molar-refractivity contribution in [2.75, 3.05) is 31.5 Å². The maximum atomic E-state index is 14.6. The summed E-state index contributed by atoms with van der Waals surface area (Å²) in [5.74, 6) is -1.69. The van der Waals surface area contributed by atoms with Crippen LogP contribution < -0.4 is 9.62 Å². The average Bonchev–Trinajstić information content (AvgIpc) is 2.80. The van der Waals surface area contributed by atoms with Crippen LogP contribution in [0.2, 0.25) is 0 Å². The van der Waals surface area contributed by atoms with Crippen molar-refractivity contribution in [2.24, 2.45) is 0 Å². The molecule has 0 aromatic heterocycles. The van der Waals surface area contributed by atoms with E-state index < -0.39 is 34.5 Å². The Balaban J connectivity index is 2.44. The third kappa shape index (κ3) is 7.50. The number of rotatable bonds is 12. The van der Waals surface area contributed by atoms with E-state index in [0.29, 0.717) is 12.8 Å². The van der Waals surface area contributed by atoms with Gasteiger partial charge in [-0.2, -0.15) is 12.7 Å². The van der Waals surface area contributed by atoms with Gasteiger partial charge in [-0.25, -0.2) is 8.70 Å². The lowest BCUT2D eigenvalue weighted by molar-refractivity contribution is -0.139. The van der Waals surface area contributed by atoms with E-state index >= 15 is 0 Å². The summed E-state index contributed by atoms with van der Waals surface area (Å²) in [7, 11) is -1.58. The lowest BCUT2D eigenvalue weighted by atomic mass is 10.1. The van der Waals surface area contributed by atoms with Gasteiger partial charge in [0.1, 0.15) is 18.4 Å². The number of benzene rings is 2. The highest BCUT2D eigenvalue weighted by molar-refractivity contribution is 7.90. The Morgan fingerprint density at radius 3 is 2.14 bits per heavy atom. The molecule has 0 saturated carbocycles. The van der Waals surface area contributed by atoms with E-state index in [9.17, 15) is 22.4 Å². The second kappa shape index (κ2) is 12.6. The van der Waals surface area contributed by atoms with Crippen molar-refractivity contribution < 1.29 is 22.4 Å². The van der Waals surface area contributed by atoms with Crippen LogP contribution in [0.3, 0.4) is 0 Å². The topological polar surface area (TPSA) is 90.0 Å². The fraction of sp³-hybridized carbons (Fsp3) is 0.440. The molecular weight excluding hydrogens is 471 g/mol. The van der Waals surface area contributed by atoms with E-state index in [1.807, 2.05) is 44.2 Å². The molecule has 192 valence electrons. The summed E-state index contributed by atoms with van der Waals surface area (Å²) in [5, 5.41) is 2.84. The van der Waals surface area contributed by atoms with Crippen LogP contribution in [0.4, 0.5) is 10.1 Å². The maximum Gasteiger partial charge on any atom is 0.304 e. The quantitative estimate of drug-likeness (QED) is 0.479. The molecule has 0 bridgehead atoms. The molecule has 10 heteroatoms. The van der Waals surface area contributed by atoms with Crippen molar-refractivity contribution in [3.05, 3.63) is 66.0 Å². The van der Waals surface area contributed by atoms with Gasteiger partial charge in [-0.05, 0) is 44.4 Å². The summed E-state index contributed by atoms with van der Waals surface area (Å²) in [4.78, 5) is 28.0. The Kier molecular flexibility index (Phi) is 10.2. The third-order valence-corrected chi connectivity index (χ3v) is 7.25. The summed E-state index contributed by atoms with van der Waals surface area (Å²) in [6.07, 6.45) is 0.803. The van der Waals surface area contributed by atoms with E-state index in [1.54, 1.807) is 6.92 Å². The zero-order chi connectivity index (χ0) is 26.2. The molecule has 0 fully saturated rings. The van der Waals surface area contributed by atoms with Gasteiger partial charge in [0.2, 0.25) is 11.8 Å². The Hall–Kier alpha value is -2.98. The van der Waals surface area contributed by atoms with Crippen LogP contribution >= 0.6 is 0 Å². The number of anilines is 1. The number of carbonyl (C=O) groups excluding carboxylic acids is 2. The number of nitrogens with one attached hydrogen (secondary N) is 1. The molecule has 0 heterocycles. The number of para-hydroxylation sites is 1. The average molecular weight is 507 g/mol. The molecule has 8 nitrogen and oxygen atoms in total. The van der Waals surface area contributed by atoms with Crippen molar-refractivity contribution in [1.82, 2.24) is 14.5 Å². The number of halogens is 1. The van der Waals surface area contributed by atoms with Gasteiger partial charge in [-0.1, -0.05) is 49.4 Å². The van der Waals surface area contributed by atoms with Crippen LogP contribution in [-0.2, 0) is 26.2 Å². The van der Waals surface area contributed by atoms with Crippen LogP contribution in [0.15, 0.2) is 54.6 Å². The predicted octanol–water partition coefficient (Wildman–Crippen LogP) is 2.81. The summed E-state index contributed by atoms with van der Waals surface area (Å²) < 4.78 is 42.4. The minimum atomic E-state index is -4.20. The van der Waals surface area contributed by atoms with E-state index in [0.717, 1.165) is 20.2 Å². The first-order valence-electron chi connectivity index (χ1n) is 11.6. The lowest BCUT2D eigenvalue weighted by Gasteiger charge is -2.34. The monoisotopic (exact) mass is 506 g/mol. The van der Waals surface area contributed by atoms with Crippen molar-refractivity contribution in [1.29, 1.82) is 0 Å². The highest BCUT2D eigenvalue weighted by atomic mass is 32.2. The van der Waals surface area contributed by atoms with Gasteiger partial charge >= 0.3 is 10.2 Å². The lowest BCUT2D eigenvalue weighted by Crippen LogP contribution is -2.55. The molecule has 0 aliphatic carbocycles. The van der Waals surface area contributed by atoms with E-state index in [2.05, 4.69) is 5.32 Å². The van der Waals surface area contributed by atoms with Gasteiger partial charge in [0.05, 0.1) is 5.69 Å². The molecule has 0 aliphatic heterocycles. The number of amides is 2. The fourth-order valence-corrected chi connectivity index (χ4v) is 4.70. The minimum Gasteiger partial charge on any atom is -0.352 e. The molecule has 35 heavy (non-hydrogen) atoms. The summed E-state index contributed by atoms with van der Waals surface area (Å²) in [6.45, 7) is 4.98. The predicted molar refractivity (Wildman–Crippen MR) is 136 cm³/mol. The summed E-state index contributed by atoms with van der Waals surface area (Å²) >= 11 is 0. The standard InChI is InChI=1S/C25H35FN4O4S/c1-6-22(25(32)27-19(2)3)29(17-16-20-12-8-7-9-13-20)24(31)18-30(35(33,34)28(4)5)23-15-11-10-14-21(23)26/h7-15,19,22H,6,16-18H2,1-5H3,(H,27,32)/t22-/m1/s1. The number of carbonyl (C=O) groups is 2. The Labute approximate surface area is 207 Å². The first kappa shape index (κ1) is 28.3. The van der Waals surface area contributed by atoms with Gasteiger partial charge in [-0.15, -0.1) is 0 Å². The minimum absolute atomic E-state index is 0.133. The van der Waals surface area contributed by atoms with Crippen LogP contribution in [0.1, 0.15) is 32.8 Å². The van der Waals surface area contributed by atoms with Crippen LogP contribution in [0.5, 0.6) is 0 Å². The van der Waals surface area contributed by atoms with Crippen LogP contribution in [-0.4, -0.2) is 68.7 Å². The number of hydrogen-bond donors (Lipinski definition) is 1. The van der Waals surface area contributed by atoms with E-state index in [4.69, 9.17) is 0 Å². The van der Waals surface area contributed by atoms with Gasteiger partial charge in [-0.3, -0.25) is 9.59 Å². The van der Waals surface area contributed by atoms with Crippen molar-refractivity contribution in [3.63, 3.8) is 0 Å². The second-order valence-corrected chi connectivity index (χ2v) is 10.7. The van der Waals surface area contributed by atoms with E-state index in [1.165, 1.54) is 37.2 Å². The molecule has 2 aromatic carbocycles. The smallest absolute Gasteiger partial charge is 0.304 e. The molecule has 2 aromatic rings. The molecule has 0 spiro atoms. The first-order chi connectivity index (χ1) is 16.5. The molecule has 1 atom stereocenters. The SMILES string of the molecule is CC[C@H](C(=O)NC(C)C)N(CCc1ccccc1)C(=O)CN(c1ccccc1F)S(=O)(=O)N(C)C. The third-order valence-electron chi connectivity index (χ3n) is 5.44. The second-order valence-electron chi connectivity index (χ2n) is 8.66. The van der Waals surface area contributed by atoms with Crippen molar-refractivity contribution in [3.8, 4) is 0 Å². The van der Waals surface area contributed by atoms with Gasteiger partial charge in [0, 0.05) is 26.7 Å². The molecule has 0 unspecified atom stereocenters. The highest BCUT2D eigenvalue weighted by Gasteiger charge is 2.34.